The monoisotopic (exact) mass is 507 g/mol. The molecule has 7 nitrogen and oxygen atoms in total. The molecule has 0 aromatic heterocycles. The van der Waals surface area contributed by atoms with E-state index in [-0.39, 0.29) is 34.6 Å². The van der Waals surface area contributed by atoms with Crippen LogP contribution < -0.4 is 20.1 Å². The predicted octanol–water partition coefficient (Wildman–Crippen LogP) is 5.67. The first-order chi connectivity index (χ1) is 17.2. The van der Waals surface area contributed by atoms with E-state index in [4.69, 9.17) is 21.1 Å². The van der Waals surface area contributed by atoms with Crippen molar-refractivity contribution in [1.82, 2.24) is 0 Å². The minimum atomic E-state index is -0.678. The number of halogens is 2. The second-order valence-electron chi connectivity index (χ2n) is 7.82. The van der Waals surface area contributed by atoms with Crippen molar-refractivity contribution in [3.63, 3.8) is 0 Å². The van der Waals surface area contributed by atoms with Crippen LogP contribution in [0.2, 0.25) is 5.02 Å². The molecule has 0 aliphatic rings. The number of nitrogens with zero attached hydrogens (tertiary/aromatic N) is 1. The normalized spacial score (nSPS) is 10.8. The fraction of sp³-hybridized carbons (Fsp3) is 0.148. The van der Waals surface area contributed by atoms with Crippen LogP contribution in [-0.2, 0) is 9.59 Å². The highest BCUT2D eigenvalue weighted by Crippen LogP contribution is 2.37. The van der Waals surface area contributed by atoms with Gasteiger partial charge in [0.05, 0.1) is 12.1 Å². The highest BCUT2D eigenvalue weighted by Gasteiger charge is 2.16. The van der Waals surface area contributed by atoms with E-state index in [0.29, 0.717) is 16.9 Å². The Hall–Kier alpha value is -4.35. The van der Waals surface area contributed by atoms with Crippen LogP contribution in [0.4, 0.5) is 15.8 Å². The number of ether oxygens (including phenoxy) is 2. The van der Waals surface area contributed by atoms with Crippen LogP contribution in [-0.4, -0.2) is 25.5 Å². The number of nitriles is 1. The number of nitrogens with one attached hydrogen (secondary N) is 2. The molecule has 0 aliphatic carbocycles. The van der Waals surface area contributed by atoms with Crippen LogP contribution >= 0.6 is 11.6 Å². The molecule has 3 aromatic carbocycles. The van der Waals surface area contributed by atoms with Gasteiger partial charge < -0.3 is 20.1 Å². The van der Waals surface area contributed by atoms with E-state index in [2.05, 4.69) is 10.6 Å². The Morgan fingerprint density at radius 2 is 1.81 bits per heavy atom. The molecule has 3 aromatic rings. The largest absolute Gasteiger partial charge is 0.493 e. The first kappa shape index (κ1) is 26.3. The number of methoxy groups -OCH3 is 1. The van der Waals surface area contributed by atoms with E-state index < -0.39 is 11.7 Å². The number of rotatable bonds is 8. The highest BCUT2D eigenvalue weighted by atomic mass is 35.5. The lowest BCUT2D eigenvalue weighted by atomic mass is 10.1. The molecule has 9 heteroatoms. The molecule has 0 atom stereocenters. The third-order valence-corrected chi connectivity index (χ3v) is 5.33. The van der Waals surface area contributed by atoms with Crippen molar-refractivity contribution >= 4 is 40.9 Å². The maximum absolute atomic E-state index is 13.1. The Labute approximate surface area is 213 Å². The van der Waals surface area contributed by atoms with Crippen molar-refractivity contribution in [3.8, 4) is 17.6 Å². The zero-order valence-electron chi connectivity index (χ0n) is 19.8. The summed E-state index contributed by atoms with van der Waals surface area (Å²) in [5.41, 5.74) is 3.13. The van der Waals surface area contributed by atoms with Gasteiger partial charge in [-0.05, 0) is 79.1 Å². The first-order valence-corrected chi connectivity index (χ1v) is 11.1. The molecule has 184 valence electrons. The van der Waals surface area contributed by atoms with Gasteiger partial charge in [-0.25, -0.2) is 4.39 Å². The van der Waals surface area contributed by atoms with Crippen LogP contribution in [0.1, 0.15) is 16.7 Å². The van der Waals surface area contributed by atoms with Crippen molar-refractivity contribution in [1.29, 1.82) is 5.26 Å². The molecule has 0 bridgehead atoms. The van der Waals surface area contributed by atoms with Crippen molar-refractivity contribution in [3.05, 3.63) is 87.7 Å². The van der Waals surface area contributed by atoms with Gasteiger partial charge in [0.2, 0.25) is 0 Å². The molecule has 36 heavy (non-hydrogen) atoms. The van der Waals surface area contributed by atoms with Gasteiger partial charge in [0.1, 0.15) is 17.5 Å². The number of aryl methyl sites for hydroxylation is 2. The minimum absolute atomic E-state index is 0.122. The van der Waals surface area contributed by atoms with Crippen LogP contribution in [0.5, 0.6) is 11.5 Å². The van der Waals surface area contributed by atoms with Crippen molar-refractivity contribution in [2.24, 2.45) is 0 Å². The summed E-state index contributed by atoms with van der Waals surface area (Å²) in [6.45, 7) is 3.50. The van der Waals surface area contributed by atoms with Crippen LogP contribution in [0.15, 0.2) is 60.2 Å². The molecular weight excluding hydrogens is 485 g/mol. The highest BCUT2D eigenvalue weighted by molar-refractivity contribution is 6.32. The molecule has 0 unspecified atom stereocenters. The average Bonchev–Trinajstić information content (AvgIpc) is 2.85. The summed E-state index contributed by atoms with van der Waals surface area (Å²) in [5, 5.41) is 14.9. The molecular formula is C27H23ClFN3O4. The van der Waals surface area contributed by atoms with E-state index in [0.717, 1.165) is 11.1 Å². The Morgan fingerprint density at radius 1 is 1.08 bits per heavy atom. The smallest absolute Gasteiger partial charge is 0.266 e. The fourth-order valence-electron chi connectivity index (χ4n) is 3.20. The lowest BCUT2D eigenvalue weighted by Gasteiger charge is -2.14. The number of hydrogen-bond donors (Lipinski definition) is 2. The molecule has 0 fully saturated rings. The van der Waals surface area contributed by atoms with Gasteiger partial charge in [-0.1, -0.05) is 23.7 Å². The van der Waals surface area contributed by atoms with Gasteiger partial charge in [-0.3, -0.25) is 9.59 Å². The quantitative estimate of drug-likeness (QED) is 0.302. The van der Waals surface area contributed by atoms with E-state index in [1.807, 2.05) is 38.1 Å². The van der Waals surface area contributed by atoms with Gasteiger partial charge in [0.25, 0.3) is 11.8 Å². The van der Waals surface area contributed by atoms with Gasteiger partial charge in [-0.2, -0.15) is 5.26 Å². The lowest BCUT2D eigenvalue weighted by Crippen LogP contribution is -2.21. The zero-order valence-corrected chi connectivity index (χ0v) is 20.6. The number of carbonyl (C=O) groups is 2. The van der Waals surface area contributed by atoms with Gasteiger partial charge in [-0.15, -0.1) is 0 Å². The summed E-state index contributed by atoms with van der Waals surface area (Å²) < 4.78 is 24.0. The first-order valence-electron chi connectivity index (χ1n) is 10.8. The molecule has 0 heterocycles. The van der Waals surface area contributed by atoms with Gasteiger partial charge in [0.15, 0.2) is 18.1 Å². The number of benzene rings is 3. The summed E-state index contributed by atoms with van der Waals surface area (Å²) >= 11 is 6.37. The standard InChI is InChI=1S/C27H23ClFN3O4/c1-16-4-5-17(2)23(10-16)32-25(33)15-36-26-22(28)12-18(13-24(26)35-3)11-19(14-30)27(34)31-21-8-6-20(29)7-9-21/h4-13H,15H2,1-3H3,(H,31,34)(H,32,33)/b19-11+. The summed E-state index contributed by atoms with van der Waals surface area (Å²) in [6, 6.07) is 15.7. The van der Waals surface area contributed by atoms with E-state index in [9.17, 15) is 19.2 Å². The molecule has 0 radical (unpaired) electrons. The van der Waals surface area contributed by atoms with E-state index in [1.165, 1.54) is 49.6 Å². The summed E-state index contributed by atoms with van der Waals surface area (Å²) in [4.78, 5) is 24.9. The summed E-state index contributed by atoms with van der Waals surface area (Å²) in [5.74, 6) is -1.15. The van der Waals surface area contributed by atoms with Crippen LogP contribution in [0.3, 0.4) is 0 Å². The topological polar surface area (TPSA) is 100 Å². The number of anilines is 2. The second-order valence-corrected chi connectivity index (χ2v) is 8.23. The summed E-state index contributed by atoms with van der Waals surface area (Å²) in [7, 11) is 1.40. The zero-order chi connectivity index (χ0) is 26.2. The molecule has 2 N–H and O–H groups in total. The van der Waals surface area contributed by atoms with Gasteiger partial charge >= 0.3 is 0 Å². The fourth-order valence-corrected chi connectivity index (χ4v) is 3.48. The van der Waals surface area contributed by atoms with Crippen LogP contribution in [0, 0.1) is 31.0 Å². The molecule has 0 spiro atoms. The van der Waals surface area contributed by atoms with Crippen molar-refractivity contribution in [2.45, 2.75) is 13.8 Å². The Kier molecular flexibility index (Phi) is 8.66. The number of carbonyl (C=O) groups excluding carboxylic acids is 2. The Morgan fingerprint density at radius 3 is 2.47 bits per heavy atom. The Bertz CT molecular complexity index is 1360. The van der Waals surface area contributed by atoms with Crippen LogP contribution in [0.25, 0.3) is 6.08 Å². The molecule has 0 aliphatic heterocycles. The van der Waals surface area contributed by atoms with Gasteiger partial charge in [0, 0.05) is 11.4 Å². The maximum atomic E-state index is 13.1. The summed E-state index contributed by atoms with van der Waals surface area (Å²) in [6.07, 6.45) is 1.32. The Balaban J connectivity index is 1.74. The maximum Gasteiger partial charge on any atom is 0.266 e. The van der Waals surface area contributed by atoms with Crippen molar-refractivity contribution < 1.29 is 23.5 Å². The second kappa shape index (κ2) is 11.9. The predicted molar refractivity (Wildman–Crippen MR) is 137 cm³/mol. The molecule has 0 saturated heterocycles. The van der Waals surface area contributed by atoms with E-state index >= 15 is 0 Å². The lowest BCUT2D eigenvalue weighted by molar-refractivity contribution is -0.118. The molecule has 3 rings (SSSR count). The van der Waals surface area contributed by atoms with E-state index in [1.54, 1.807) is 0 Å². The average molecular weight is 508 g/mol. The number of hydrogen-bond acceptors (Lipinski definition) is 5. The van der Waals surface area contributed by atoms with Crippen molar-refractivity contribution in [2.75, 3.05) is 24.4 Å². The SMILES string of the molecule is COc1cc(/C=C(\C#N)C(=O)Nc2ccc(F)cc2)cc(Cl)c1OCC(=O)Nc1cc(C)ccc1C. The number of amides is 2. The third kappa shape index (κ3) is 6.84. The molecule has 0 saturated carbocycles. The third-order valence-electron chi connectivity index (χ3n) is 5.04. The minimum Gasteiger partial charge on any atom is -0.493 e. The molecule has 2 amide bonds.